The Morgan fingerprint density at radius 2 is 2.22 bits per heavy atom. The fourth-order valence-corrected chi connectivity index (χ4v) is 2.82. The minimum atomic E-state index is -0.234. The van der Waals surface area contributed by atoms with E-state index in [1.54, 1.807) is 4.90 Å². The molecule has 1 heterocycles. The lowest BCUT2D eigenvalue weighted by molar-refractivity contribution is 0.0734. The van der Waals surface area contributed by atoms with Gasteiger partial charge in [-0.15, -0.1) is 11.6 Å². The summed E-state index contributed by atoms with van der Waals surface area (Å²) in [7, 11) is 0. The molecule has 1 aromatic rings. The average Bonchev–Trinajstić information content (AvgIpc) is 2.69. The largest absolute Gasteiger partial charge is 0.508 e. The maximum atomic E-state index is 12.3. The third-order valence-corrected chi connectivity index (χ3v) is 3.83. The molecule has 2 N–H and O–H groups in total. The molecule has 1 aliphatic heterocycles. The second-order valence-corrected chi connectivity index (χ2v) is 5.00. The van der Waals surface area contributed by atoms with Crippen molar-refractivity contribution in [3.05, 3.63) is 23.8 Å². The van der Waals surface area contributed by atoms with Gasteiger partial charge >= 0.3 is 0 Å². The van der Waals surface area contributed by atoms with Gasteiger partial charge in [0.15, 0.2) is 0 Å². The highest BCUT2D eigenvalue weighted by Crippen LogP contribution is 2.30. The van der Waals surface area contributed by atoms with Crippen LogP contribution in [-0.2, 0) is 0 Å². The fraction of sp³-hybridized carbons (Fsp3) is 0.462. The third kappa shape index (κ3) is 2.25. The topological polar surface area (TPSA) is 60.8 Å². The van der Waals surface area contributed by atoms with Crippen LogP contribution in [0.2, 0.25) is 0 Å². The minimum Gasteiger partial charge on any atom is -0.508 e. The van der Waals surface area contributed by atoms with Gasteiger partial charge < -0.3 is 15.1 Å². The number of alkyl halides is 1. The number of likely N-dealkylation sites (tertiary alicyclic amines) is 1. The van der Waals surface area contributed by atoms with Gasteiger partial charge in [-0.25, -0.2) is 0 Å². The van der Waals surface area contributed by atoms with Crippen molar-refractivity contribution in [1.29, 1.82) is 0 Å². The van der Waals surface area contributed by atoms with Crippen molar-refractivity contribution >= 4 is 17.5 Å². The molecule has 0 radical (unpaired) electrons. The van der Waals surface area contributed by atoms with Crippen LogP contribution in [0.1, 0.15) is 23.7 Å². The van der Waals surface area contributed by atoms with Crippen LogP contribution in [0, 0.1) is 5.92 Å². The molecular weight excluding hydrogens is 254 g/mol. The molecule has 1 aromatic carbocycles. The lowest BCUT2D eigenvalue weighted by Gasteiger charge is -2.25. The van der Waals surface area contributed by atoms with E-state index in [2.05, 4.69) is 6.92 Å². The molecule has 2 atom stereocenters. The summed E-state index contributed by atoms with van der Waals surface area (Å²) < 4.78 is 0. The van der Waals surface area contributed by atoms with Gasteiger partial charge in [-0.05, 0) is 24.5 Å². The van der Waals surface area contributed by atoms with Crippen molar-refractivity contribution in [2.24, 2.45) is 5.92 Å². The Balaban J connectivity index is 2.26. The van der Waals surface area contributed by atoms with Crippen LogP contribution < -0.4 is 0 Å². The highest BCUT2D eigenvalue weighted by molar-refractivity contribution is 6.18. The minimum absolute atomic E-state index is 0.00682. The Morgan fingerprint density at radius 3 is 2.83 bits per heavy atom. The van der Waals surface area contributed by atoms with Gasteiger partial charge in [0.25, 0.3) is 5.91 Å². The molecule has 0 bridgehead atoms. The number of benzene rings is 1. The zero-order valence-electron chi connectivity index (χ0n) is 10.1. The van der Waals surface area contributed by atoms with Crippen molar-refractivity contribution in [3.8, 4) is 11.5 Å². The molecule has 18 heavy (non-hydrogen) atoms. The van der Waals surface area contributed by atoms with E-state index >= 15 is 0 Å². The summed E-state index contributed by atoms with van der Waals surface area (Å²) in [5.41, 5.74) is 0.206. The number of rotatable bonds is 2. The average molecular weight is 270 g/mol. The number of hydrogen-bond donors (Lipinski definition) is 2. The number of carbonyl (C=O) groups is 1. The Kier molecular flexibility index (Phi) is 3.66. The van der Waals surface area contributed by atoms with E-state index in [0.29, 0.717) is 18.3 Å². The van der Waals surface area contributed by atoms with Gasteiger partial charge in [0.05, 0.1) is 5.56 Å². The van der Waals surface area contributed by atoms with Crippen LogP contribution in [-0.4, -0.2) is 39.5 Å². The van der Waals surface area contributed by atoms with Crippen molar-refractivity contribution in [2.45, 2.75) is 19.4 Å². The maximum Gasteiger partial charge on any atom is 0.257 e. The normalized spacial score (nSPS) is 23.3. The van der Waals surface area contributed by atoms with Gasteiger partial charge in [0.1, 0.15) is 11.5 Å². The molecule has 2 rings (SSSR count). The van der Waals surface area contributed by atoms with Crippen LogP contribution in [0.15, 0.2) is 18.2 Å². The molecule has 0 spiro atoms. The molecule has 1 aliphatic rings. The smallest absolute Gasteiger partial charge is 0.257 e. The van der Waals surface area contributed by atoms with E-state index in [-0.39, 0.29) is 29.0 Å². The number of nitrogens with zero attached hydrogens (tertiary/aromatic N) is 1. The number of aromatic hydroxyl groups is 2. The molecule has 0 saturated carbocycles. The quantitative estimate of drug-likeness (QED) is 0.809. The molecule has 0 aliphatic carbocycles. The zero-order chi connectivity index (χ0) is 13.3. The van der Waals surface area contributed by atoms with E-state index in [1.165, 1.54) is 18.2 Å². The van der Waals surface area contributed by atoms with E-state index in [0.717, 1.165) is 6.42 Å². The van der Waals surface area contributed by atoms with E-state index in [4.69, 9.17) is 11.6 Å². The SMILES string of the molecule is CC1CCN(C(=O)c2ccc(O)cc2O)C1CCl. The second-order valence-electron chi connectivity index (χ2n) is 4.69. The number of carbonyl (C=O) groups excluding carboxylic acids is 1. The Morgan fingerprint density at radius 1 is 1.50 bits per heavy atom. The maximum absolute atomic E-state index is 12.3. The van der Waals surface area contributed by atoms with E-state index in [1.807, 2.05) is 0 Å². The van der Waals surface area contributed by atoms with Crippen molar-refractivity contribution < 1.29 is 15.0 Å². The Labute approximate surface area is 111 Å². The molecule has 0 aromatic heterocycles. The van der Waals surface area contributed by atoms with Crippen LogP contribution in [0.3, 0.4) is 0 Å². The number of phenolic OH excluding ortho intramolecular Hbond substituents is 2. The molecular formula is C13H16ClNO3. The number of phenols is 2. The van der Waals surface area contributed by atoms with Crippen molar-refractivity contribution in [2.75, 3.05) is 12.4 Å². The first-order valence-electron chi connectivity index (χ1n) is 5.93. The Bertz CT molecular complexity index is 464. The van der Waals surface area contributed by atoms with E-state index in [9.17, 15) is 15.0 Å². The van der Waals surface area contributed by atoms with Crippen molar-refractivity contribution in [3.63, 3.8) is 0 Å². The summed E-state index contributed by atoms with van der Waals surface area (Å²) in [6, 6.07) is 4.00. The first-order chi connectivity index (χ1) is 8.54. The van der Waals surface area contributed by atoms with E-state index < -0.39 is 0 Å². The zero-order valence-corrected chi connectivity index (χ0v) is 10.9. The Hall–Kier alpha value is -1.42. The first-order valence-corrected chi connectivity index (χ1v) is 6.47. The standard InChI is InChI=1S/C13H16ClNO3/c1-8-4-5-15(11(8)7-14)13(18)10-3-2-9(16)6-12(10)17/h2-3,6,8,11,16-17H,4-5,7H2,1H3. The van der Waals surface area contributed by atoms with Gasteiger partial charge in [-0.3, -0.25) is 4.79 Å². The lowest BCUT2D eigenvalue weighted by atomic mass is 10.0. The van der Waals surface area contributed by atoms with Crippen LogP contribution in [0.5, 0.6) is 11.5 Å². The summed E-state index contributed by atoms with van der Waals surface area (Å²) in [6.45, 7) is 2.72. The monoisotopic (exact) mass is 269 g/mol. The summed E-state index contributed by atoms with van der Waals surface area (Å²) in [5.74, 6) is 0.264. The molecule has 1 fully saturated rings. The van der Waals surface area contributed by atoms with Crippen LogP contribution >= 0.6 is 11.6 Å². The van der Waals surface area contributed by atoms with Crippen LogP contribution in [0.25, 0.3) is 0 Å². The van der Waals surface area contributed by atoms with Gasteiger partial charge in [-0.2, -0.15) is 0 Å². The van der Waals surface area contributed by atoms with Gasteiger partial charge in [0, 0.05) is 24.5 Å². The predicted molar refractivity (Wildman–Crippen MR) is 69.1 cm³/mol. The summed E-state index contributed by atoms with van der Waals surface area (Å²) >= 11 is 5.90. The molecule has 5 heteroatoms. The molecule has 4 nitrogen and oxygen atoms in total. The predicted octanol–water partition coefficient (Wildman–Crippen LogP) is 2.19. The van der Waals surface area contributed by atoms with Crippen molar-refractivity contribution in [1.82, 2.24) is 4.90 Å². The number of halogens is 1. The van der Waals surface area contributed by atoms with Gasteiger partial charge in [0.2, 0.25) is 0 Å². The fourth-order valence-electron chi connectivity index (χ4n) is 2.35. The molecule has 98 valence electrons. The molecule has 2 unspecified atom stereocenters. The summed E-state index contributed by atoms with van der Waals surface area (Å²) in [5, 5.41) is 18.9. The lowest BCUT2D eigenvalue weighted by Crippen LogP contribution is -2.38. The second kappa shape index (κ2) is 5.06. The summed E-state index contributed by atoms with van der Waals surface area (Å²) in [6.07, 6.45) is 0.919. The highest BCUT2D eigenvalue weighted by atomic mass is 35.5. The number of amides is 1. The third-order valence-electron chi connectivity index (χ3n) is 3.51. The van der Waals surface area contributed by atoms with Gasteiger partial charge in [-0.1, -0.05) is 6.92 Å². The number of hydrogen-bond acceptors (Lipinski definition) is 3. The highest BCUT2D eigenvalue weighted by Gasteiger charge is 2.34. The summed E-state index contributed by atoms with van der Waals surface area (Å²) in [4.78, 5) is 14.0. The first kappa shape index (κ1) is 13.0. The van der Waals surface area contributed by atoms with Crippen LogP contribution in [0.4, 0.5) is 0 Å². The molecule has 1 amide bonds. The molecule has 1 saturated heterocycles.